The van der Waals surface area contributed by atoms with E-state index in [1.54, 1.807) is 12.1 Å². The molecule has 0 heterocycles. The van der Waals surface area contributed by atoms with Crippen molar-refractivity contribution < 1.29 is 27.8 Å². The fourth-order valence-electron chi connectivity index (χ4n) is 2.69. The van der Waals surface area contributed by atoms with Gasteiger partial charge >= 0.3 is 6.18 Å². The lowest BCUT2D eigenvalue weighted by atomic mass is 9.94. The highest BCUT2D eigenvalue weighted by Crippen LogP contribution is 2.39. The maximum atomic E-state index is 13.6. The number of hydrogen-bond donors (Lipinski definition) is 1. The van der Waals surface area contributed by atoms with Crippen LogP contribution in [0.4, 0.5) is 13.2 Å². The van der Waals surface area contributed by atoms with Crippen LogP contribution in [-0.4, -0.2) is 17.5 Å². The van der Waals surface area contributed by atoms with Gasteiger partial charge in [0.05, 0.1) is 5.56 Å². The summed E-state index contributed by atoms with van der Waals surface area (Å²) < 4.78 is 45.8. The second-order valence-corrected chi connectivity index (χ2v) is 7.05. The van der Waals surface area contributed by atoms with Gasteiger partial charge in [-0.3, -0.25) is 4.79 Å². The maximum absolute atomic E-state index is 13.6. The quantitative estimate of drug-likeness (QED) is 0.671. The summed E-state index contributed by atoms with van der Waals surface area (Å²) in [5.74, 6) is -0.303. The fourth-order valence-corrected chi connectivity index (χ4v) is 2.97. The first-order chi connectivity index (χ1) is 12.5. The number of aromatic hydroxyl groups is 1. The molecule has 0 aliphatic rings. The van der Waals surface area contributed by atoms with Crippen LogP contribution in [0.1, 0.15) is 48.9 Å². The Labute approximate surface area is 160 Å². The van der Waals surface area contributed by atoms with E-state index >= 15 is 0 Å². The molecule has 0 aliphatic heterocycles. The Balaban J connectivity index is 2.46. The van der Waals surface area contributed by atoms with Crippen molar-refractivity contribution in [3.05, 3.63) is 57.6 Å². The van der Waals surface area contributed by atoms with Crippen molar-refractivity contribution in [1.82, 2.24) is 0 Å². The molecule has 0 spiro atoms. The number of rotatable bonds is 6. The van der Waals surface area contributed by atoms with Gasteiger partial charge in [-0.1, -0.05) is 37.6 Å². The third-order valence-electron chi connectivity index (χ3n) is 4.01. The van der Waals surface area contributed by atoms with E-state index in [1.807, 2.05) is 13.8 Å². The van der Waals surface area contributed by atoms with Crippen LogP contribution in [0, 0.1) is 0 Å². The number of carbonyl (C=O) groups excluding carboxylic acids is 1. The van der Waals surface area contributed by atoms with Crippen molar-refractivity contribution in [1.29, 1.82) is 0 Å². The summed E-state index contributed by atoms with van der Waals surface area (Å²) in [5, 5.41) is 9.81. The minimum absolute atomic E-state index is 0.0184. The van der Waals surface area contributed by atoms with Gasteiger partial charge in [0.1, 0.15) is 18.1 Å². The van der Waals surface area contributed by atoms with Gasteiger partial charge in [0.2, 0.25) is 0 Å². The molecular formula is C20H20ClF3O3. The molecule has 0 radical (unpaired) electrons. The monoisotopic (exact) mass is 400 g/mol. The first kappa shape index (κ1) is 21.1. The van der Waals surface area contributed by atoms with Crippen molar-refractivity contribution in [2.24, 2.45) is 0 Å². The first-order valence-corrected chi connectivity index (χ1v) is 8.70. The molecule has 3 nitrogen and oxygen atoms in total. The van der Waals surface area contributed by atoms with Gasteiger partial charge in [0, 0.05) is 5.02 Å². The molecule has 7 heteroatoms. The number of halogens is 4. The Morgan fingerprint density at radius 2 is 1.89 bits per heavy atom. The van der Waals surface area contributed by atoms with Gasteiger partial charge < -0.3 is 9.84 Å². The van der Waals surface area contributed by atoms with E-state index in [2.05, 4.69) is 0 Å². The van der Waals surface area contributed by atoms with Gasteiger partial charge in [0.15, 0.2) is 5.78 Å². The molecule has 0 saturated heterocycles. The van der Waals surface area contributed by atoms with E-state index in [4.69, 9.17) is 16.3 Å². The zero-order valence-electron chi connectivity index (χ0n) is 15.2. The van der Waals surface area contributed by atoms with Crippen LogP contribution in [0.3, 0.4) is 0 Å². The van der Waals surface area contributed by atoms with Crippen LogP contribution < -0.4 is 4.74 Å². The molecule has 0 unspecified atom stereocenters. The predicted octanol–water partition coefficient (Wildman–Crippen LogP) is 5.75. The third-order valence-corrected chi connectivity index (χ3v) is 4.35. The lowest BCUT2D eigenvalue weighted by Crippen LogP contribution is -2.12. The number of benzene rings is 2. The zero-order valence-corrected chi connectivity index (χ0v) is 15.9. The third kappa shape index (κ3) is 5.39. The first-order valence-electron chi connectivity index (χ1n) is 8.32. The molecule has 0 atom stereocenters. The highest BCUT2D eigenvalue weighted by Gasteiger charge is 2.35. The van der Waals surface area contributed by atoms with Gasteiger partial charge in [-0.25, -0.2) is 0 Å². The summed E-state index contributed by atoms with van der Waals surface area (Å²) in [6.45, 7) is 4.71. The van der Waals surface area contributed by atoms with E-state index in [0.717, 1.165) is 6.07 Å². The summed E-state index contributed by atoms with van der Waals surface area (Å²) in [6, 6.07) is 6.84. The van der Waals surface area contributed by atoms with E-state index < -0.39 is 11.7 Å². The van der Waals surface area contributed by atoms with Crippen LogP contribution in [0.15, 0.2) is 30.3 Å². The summed E-state index contributed by atoms with van der Waals surface area (Å²) in [4.78, 5) is 11.0. The molecule has 0 aliphatic carbocycles. The summed E-state index contributed by atoms with van der Waals surface area (Å²) >= 11 is 6.13. The second kappa shape index (κ2) is 8.21. The Morgan fingerprint density at radius 3 is 2.44 bits per heavy atom. The lowest BCUT2D eigenvalue weighted by molar-refractivity contribution is -0.138. The van der Waals surface area contributed by atoms with E-state index in [9.17, 15) is 23.1 Å². The van der Waals surface area contributed by atoms with Crippen molar-refractivity contribution in [2.75, 3.05) is 6.61 Å². The minimum Gasteiger partial charge on any atom is -0.508 e. The molecule has 2 aromatic rings. The van der Waals surface area contributed by atoms with Crippen molar-refractivity contribution in [3.63, 3.8) is 0 Å². The predicted molar refractivity (Wildman–Crippen MR) is 97.6 cm³/mol. The molecule has 0 bridgehead atoms. The van der Waals surface area contributed by atoms with Crippen LogP contribution in [0.2, 0.25) is 5.02 Å². The van der Waals surface area contributed by atoms with Gasteiger partial charge in [-0.05, 0) is 54.2 Å². The smallest absolute Gasteiger partial charge is 0.416 e. The van der Waals surface area contributed by atoms with E-state index in [-0.39, 0.29) is 46.8 Å². The Bertz CT molecular complexity index is 845. The van der Waals surface area contributed by atoms with E-state index in [1.165, 1.54) is 19.1 Å². The summed E-state index contributed by atoms with van der Waals surface area (Å²) in [7, 11) is 0. The van der Waals surface area contributed by atoms with Gasteiger partial charge in [-0.15, -0.1) is 0 Å². The summed E-state index contributed by atoms with van der Waals surface area (Å²) in [5.41, 5.74) is 0.257. The fraction of sp³-hybridized carbons (Fsp3) is 0.350. The van der Waals surface area contributed by atoms with Crippen LogP contribution in [-0.2, 0) is 17.4 Å². The number of carbonyl (C=O) groups is 1. The van der Waals surface area contributed by atoms with Crippen LogP contribution in [0.25, 0.3) is 0 Å². The molecule has 2 aromatic carbocycles. The molecule has 0 aromatic heterocycles. The zero-order chi connectivity index (χ0) is 20.4. The Kier molecular flexibility index (Phi) is 6.42. The molecule has 0 amide bonds. The molecule has 146 valence electrons. The van der Waals surface area contributed by atoms with Crippen LogP contribution in [0.5, 0.6) is 11.5 Å². The molecule has 0 saturated carbocycles. The minimum atomic E-state index is -4.63. The maximum Gasteiger partial charge on any atom is 0.416 e. The largest absolute Gasteiger partial charge is 0.508 e. The van der Waals surface area contributed by atoms with Gasteiger partial charge in [0.25, 0.3) is 0 Å². The standard InChI is InChI=1S/C20H20ClF3O3/c1-11(2)15-6-13(4-5-19(15)26)7-16-17(20(22,23)24)8-14(9-18(16)21)27-10-12(3)25/h4-6,8-9,11,26H,7,10H2,1-3H3. The average Bonchev–Trinajstić information content (AvgIpc) is 2.55. The highest BCUT2D eigenvalue weighted by molar-refractivity contribution is 6.31. The normalized spacial score (nSPS) is 11.7. The molecule has 27 heavy (non-hydrogen) atoms. The average molecular weight is 401 g/mol. The number of phenols is 1. The van der Waals surface area contributed by atoms with Crippen LogP contribution >= 0.6 is 11.6 Å². The molecule has 2 rings (SSSR count). The topological polar surface area (TPSA) is 46.5 Å². The summed E-state index contributed by atoms with van der Waals surface area (Å²) in [6.07, 6.45) is -4.69. The second-order valence-electron chi connectivity index (χ2n) is 6.64. The molecular weight excluding hydrogens is 381 g/mol. The lowest BCUT2D eigenvalue weighted by Gasteiger charge is -2.18. The number of ether oxygens (including phenoxy) is 1. The van der Waals surface area contributed by atoms with Crippen molar-refractivity contribution in [2.45, 2.75) is 39.3 Å². The number of Topliss-reactive ketones (excluding diaryl/α,β-unsaturated/α-hetero) is 1. The molecule has 0 fully saturated rings. The number of alkyl halides is 3. The van der Waals surface area contributed by atoms with Crippen molar-refractivity contribution in [3.8, 4) is 11.5 Å². The SMILES string of the molecule is CC(=O)COc1cc(Cl)c(Cc2ccc(O)c(C(C)C)c2)c(C(F)(F)F)c1. The van der Waals surface area contributed by atoms with Crippen molar-refractivity contribution >= 4 is 17.4 Å². The highest BCUT2D eigenvalue weighted by atomic mass is 35.5. The van der Waals surface area contributed by atoms with Gasteiger partial charge in [-0.2, -0.15) is 13.2 Å². The number of phenolic OH excluding ortho intramolecular Hbond substituents is 1. The number of hydrogen-bond acceptors (Lipinski definition) is 3. The Hall–Kier alpha value is -2.21. The Morgan fingerprint density at radius 1 is 1.22 bits per heavy atom. The van der Waals surface area contributed by atoms with E-state index in [0.29, 0.717) is 11.1 Å². The molecule has 1 N–H and O–H groups in total. The number of ketones is 1.